The Balaban J connectivity index is -0.000000589. The van der Waals surface area contributed by atoms with Crippen molar-refractivity contribution in [3.8, 4) is 0 Å². The third kappa shape index (κ3) is 12.8. The van der Waals surface area contributed by atoms with Gasteiger partial charge in [0.15, 0.2) is 0 Å². The molecule has 2 nitrogen and oxygen atoms in total. The zero-order valence-corrected chi connectivity index (χ0v) is 32.0. The zero-order valence-electron chi connectivity index (χ0n) is 22.3. The fraction of sp³-hybridized carbons (Fsp3) is 0.900. The number of allylic oxidation sites excluding steroid dienone is 1. The van der Waals surface area contributed by atoms with Crippen LogP contribution in [0.3, 0.4) is 0 Å². The van der Waals surface area contributed by atoms with Crippen molar-refractivity contribution < 1.29 is 0 Å². The lowest BCUT2D eigenvalue weighted by Crippen LogP contribution is -2.71. The molecule has 0 amide bonds. The fourth-order valence-electron chi connectivity index (χ4n) is 5.40. The van der Waals surface area contributed by atoms with Crippen LogP contribution in [0.4, 0.5) is 0 Å². The van der Waals surface area contributed by atoms with E-state index in [0.717, 1.165) is 30.7 Å². The van der Waals surface area contributed by atoms with E-state index in [2.05, 4.69) is 116 Å². The van der Waals surface area contributed by atoms with E-state index in [1.54, 1.807) is 0 Å². The molecule has 0 radical (unpaired) electrons. The van der Waals surface area contributed by atoms with E-state index in [4.69, 9.17) is 45.8 Å². The molecule has 1 heterocycles. The first-order valence-corrected chi connectivity index (χ1v) is 19.5. The molecule has 0 spiro atoms. The van der Waals surface area contributed by atoms with Crippen molar-refractivity contribution in [3.63, 3.8) is 0 Å². The largest absolute Gasteiger partial charge is 0.372 e. The average molecular weight is 877 g/mol. The van der Waals surface area contributed by atoms with Crippen LogP contribution in [0.5, 0.6) is 0 Å². The lowest BCUT2D eigenvalue weighted by atomic mass is 9.05. The summed E-state index contributed by atoms with van der Waals surface area (Å²) in [5.74, 6) is 0. The van der Waals surface area contributed by atoms with E-state index < -0.39 is 11.1 Å². The van der Waals surface area contributed by atoms with Crippen molar-refractivity contribution in [2.75, 3.05) is 0 Å². The molecule has 1 aliphatic heterocycles. The third-order valence-electron chi connectivity index (χ3n) is 6.28. The van der Waals surface area contributed by atoms with Gasteiger partial charge in [0.25, 0.3) is 0 Å². The lowest BCUT2D eigenvalue weighted by molar-refractivity contribution is 0.273. The van der Waals surface area contributed by atoms with Gasteiger partial charge in [0.1, 0.15) is 0 Å². The molecule has 0 aliphatic carbocycles. The summed E-state index contributed by atoms with van der Waals surface area (Å²) in [7, 11) is 0. The van der Waals surface area contributed by atoms with Gasteiger partial charge in [-0.25, -0.2) is 0 Å². The molecule has 0 unspecified atom stereocenters. The predicted octanol–water partition coefficient (Wildman–Crippen LogP) is 9.80. The van der Waals surface area contributed by atoms with Crippen LogP contribution >= 0.6 is 107 Å². The topological polar surface area (TPSA) is 6.48 Å². The first kappa shape index (κ1) is 40.8. The summed E-state index contributed by atoms with van der Waals surface area (Å²) in [6.07, 6.45) is 0. The Morgan fingerprint density at radius 3 is 0.970 bits per heavy atom. The quantitative estimate of drug-likeness (QED) is 0.177. The number of halogens is 7. The van der Waals surface area contributed by atoms with Gasteiger partial charge in [-0.05, 0) is 38.0 Å². The van der Waals surface area contributed by atoms with Crippen molar-refractivity contribution in [2.45, 2.75) is 119 Å². The zero-order chi connectivity index (χ0) is 26.1. The van der Waals surface area contributed by atoms with Crippen molar-refractivity contribution in [3.05, 3.63) is 10.9 Å². The minimum Gasteiger partial charge on any atom is -0.338 e. The molecule has 13 heteroatoms. The standard InChI is InChI=1S/C16H36B2N2.C4H6B2Cl4.I2.HI/c1-11(2)19(12(3)4)17-15(9)18(16(17)10)20(13(5)6)14(7)8;1-3(2)4(5(7)8)6(9)10;1-2;/h11-16H,1-10H3;1-2H3;;1H. The highest BCUT2D eigenvalue weighted by Gasteiger charge is 2.57. The van der Waals surface area contributed by atoms with Gasteiger partial charge in [-0.1, -0.05) is 91.6 Å². The number of nitrogens with zero attached hydrogens (tertiary/aromatic N) is 2. The van der Waals surface area contributed by atoms with Crippen LogP contribution in [0.15, 0.2) is 10.9 Å². The van der Waals surface area contributed by atoms with Crippen molar-refractivity contribution in [2.24, 2.45) is 0 Å². The van der Waals surface area contributed by atoms with Crippen LogP contribution in [0.2, 0.25) is 11.4 Å². The van der Waals surface area contributed by atoms with E-state index in [-0.39, 0.29) is 24.0 Å². The highest BCUT2D eigenvalue weighted by Crippen LogP contribution is 2.46. The summed E-state index contributed by atoms with van der Waals surface area (Å²) in [5.41, 5.74) is 1.28. The summed E-state index contributed by atoms with van der Waals surface area (Å²) in [6.45, 7) is 28.9. The molecule has 1 rings (SSSR count). The van der Waals surface area contributed by atoms with Crippen LogP contribution in [-0.4, -0.2) is 58.6 Å². The Bertz CT molecular complexity index is 491. The SMILES string of the molecule is CC(C)=C(B(Cl)Cl)B(Cl)Cl.CC1B(N(C(C)C)C(C)C)C(C)B1N(C(C)C)C(C)C.I.II. The molecule has 0 atom stereocenters. The second-order valence-electron chi connectivity index (χ2n) is 10.0. The van der Waals surface area contributed by atoms with Crippen molar-refractivity contribution in [1.29, 1.82) is 0 Å². The highest BCUT2D eigenvalue weighted by atomic mass is 128. The first-order chi connectivity index (χ1) is 14.6. The van der Waals surface area contributed by atoms with Gasteiger partial charge < -0.3 is 9.62 Å². The van der Waals surface area contributed by atoms with Crippen LogP contribution < -0.4 is 0 Å². The van der Waals surface area contributed by atoms with Gasteiger partial charge in [0.2, 0.25) is 13.7 Å². The predicted molar refractivity (Wildman–Crippen MR) is 191 cm³/mol. The Morgan fingerprint density at radius 1 is 0.667 bits per heavy atom. The molecular weight excluding hydrogens is 834 g/mol. The van der Waals surface area contributed by atoms with E-state index >= 15 is 0 Å². The molecule has 1 saturated heterocycles. The summed E-state index contributed by atoms with van der Waals surface area (Å²) in [6, 6.07) is 2.55. The van der Waals surface area contributed by atoms with Gasteiger partial charge in [-0.2, -0.15) is 45.8 Å². The normalized spacial score (nSPS) is 17.5. The van der Waals surface area contributed by atoms with Crippen LogP contribution in [-0.2, 0) is 0 Å². The molecule has 1 aliphatic rings. The van der Waals surface area contributed by atoms with Gasteiger partial charge in [-0.15, -0.1) is 24.0 Å². The molecule has 0 aromatic rings. The number of rotatable bonds is 8. The van der Waals surface area contributed by atoms with Crippen LogP contribution in [0.25, 0.3) is 0 Å². The first-order valence-electron chi connectivity index (χ1n) is 11.5. The lowest BCUT2D eigenvalue weighted by Gasteiger charge is -2.57. The van der Waals surface area contributed by atoms with E-state index in [9.17, 15) is 0 Å². The monoisotopic (exact) mass is 876 g/mol. The minimum absolute atomic E-state index is 0. The Hall–Kier alpha value is 3.27. The summed E-state index contributed by atoms with van der Waals surface area (Å²) in [5, 5.41) is 0.673. The van der Waals surface area contributed by atoms with Crippen LogP contribution in [0.1, 0.15) is 83.1 Å². The van der Waals surface area contributed by atoms with Crippen molar-refractivity contribution >= 4 is 132 Å². The summed E-state index contributed by atoms with van der Waals surface area (Å²) in [4.78, 5) is 5.45. The molecule has 0 aromatic heterocycles. The molecule has 0 N–H and O–H groups in total. The molecule has 0 bridgehead atoms. The smallest absolute Gasteiger partial charge is 0.338 e. The number of hydrogen-bond donors (Lipinski definition) is 0. The summed E-state index contributed by atoms with van der Waals surface area (Å²) < 4.78 is 0. The van der Waals surface area contributed by atoms with Gasteiger partial charge in [-0.3, -0.25) is 0 Å². The van der Waals surface area contributed by atoms with Gasteiger partial charge >= 0.3 is 11.1 Å². The highest BCUT2D eigenvalue weighted by molar-refractivity contribution is 15.0. The second-order valence-corrected chi connectivity index (χ2v) is 12.2. The van der Waals surface area contributed by atoms with Crippen molar-refractivity contribution in [1.82, 2.24) is 9.62 Å². The Morgan fingerprint density at radius 2 is 0.879 bits per heavy atom. The molecule has 194 valence electrons. The Kier molecular flexibility index (Phi) is 25.0. The maximum absolute atomic E-state index is 5.57. The number of hydrogen-bond acceptors (Lipinski definition) is 2. The minimum atomic E-state index is -0.606. The Labute approximate surface area is 267 Å². The molecule has 0 saturated carbocycles. The third-order valence-corrected chi connectivity index (χ3v) is 7.22. The van der Waals surface area contributed by atoms with E-state index in [0.29, 0.717) is 29.5 Å². The fourth-order valence-corrected chi connectivity index (χ4v) is 7.04. The van der Waals surface area contributed by atoms with E-state index in [1.165, 1.54) is 0 Å². The van der Waals surface area contributed by atoms with Crippen LogP contribution in [0, 0.1) is 0 Å². The van der Waals surface area contributed by atoms with E-state index in [1.807, 2.05) is 13.8 Å². The second kappa shape index (κ2) is 20.2. The maximum atomic E-state index is 5.57. The van der Waals surface area contributed by atoms with Gasteiger partial charge in [0, 0.05) is 37.2 Å². The molecule has 33 heavy (non-hydrogen) atoms. The van der Waals surface area contributed by atoms with Gasteiger partial charge in [0.05, 0.1) is 0 Å². The summed E-state index contributed by atoms with van der Waals surface area (Å²) >= 11 is 26.5. The average Bonchev–Trinajstić information content (AvgIpc) is 2.63. The molecule has 0 aromatic carbocycles. The maximum Gasteiger partial charge on any atom is 0.372 e. The molecular formula is C20H43B4Cl4I3N2. The molecule has 1 fully saturated rings.